The van der Waals surface area contributed by atoms with Crippen molar-refractivity contribution in [3.8, 4) is 45.3 Å². The Labute approximate surface area is 326 Å². The van der Waals surface area contributed by atoms with Crippen molar-refractivity contribution in [3.05, 3.63) is 169 Å². The van der Waals surface area contributed by atoms with Gasteiger partial charge in [0.25, 0.3) is 0 Å². The van der Waals surface area contributed by atoms with Gasteiger partial charge < -0.3 is 0 Å². The molecule has 0 spiro atoms. The van der Waals surface area contributed by atoms with Gasteiger partial charge in [-0.15, -0.1) is 92.0 Å². The molecule has 4 nitrogen and oxygen atoms in total. The van der Waals surface area contributed by atoms with Gasteiger partial charge in [0.05, 0.1) is 22.8 Å². The molecule has 2 aromatic carbocycles. The molecule has 0 atom stereocenters. The number of hydrogen-bond acceptors (Lipinski definition) is 7. The Bertz CT molecular complexity index is 2040. The number of thiophene rings is 3. The second kappa shape index (κ2) is 18.1. The van der Waals surface area contributed by atoms with Crippen LogP contribution < -0.4 is 0 Å². The van der Waals surface area contributed by atoms with Gasteiger partial charge in [-0.25, -0.2) is 23.5 Å². The van der Waals surface area contributed by atoms with E-state index < -0.39 is 0 Å². The molecule has 0 saturated carbocycles. The molecule has 0 aliphatic heterocycles. The van der Waals surface area contributed by atoms with E-state index >= 15 is 0 Å². The maximum absolute atomic E-state index is 4.62. The molecule has 0 fully saturated rings. The maximum Gasteiger partial charge on any atom is 2.00 e. The first-order valence-corrected chi connectivity index (χ1v) is 17.3. The zero-order chi connectivity index (χ0) is 31.7. The molecule has 9 rings (SSSR count). The summed E-state index contributed by atoms with van der Waals surface area (Å²) in [5, 5.41) is 4.06. The Morgan fingerprint density at radius 3 is 1.24 bits per heavy atom. The summed E-state index contributed by atoms with van der Waals surface area (Å²) in [5.74, 6) is 0. The van der Waals surface area contributed by atoms with Crippen molar-refractivity contribution >= 4 is 52.8 Å². The second-order valence-corrected chi connectivity index (χ2v) is 12.8. The Kier molecular flexibility index (Phi) is 13.5. The van der Waals surface area contributed by atoms with Crippen LogP contribution in [-0.4, -0.2) is 19.9 Å². The first-order valence-electron chi connectivity index (χ1n) is 14.7. The van der Waals surface area contributed by atoms with Crippen molar-refractivity contribution in [2.75, 3.05) is 0 Å². The number of hydrogen-bond donors (Lipinski definition) is 0. The average molecular weight is 1050 g/mol. The van der Waals surface area contributed by atoms with Crippen molar-refractivity contribution in [1.82, 2.24) is 19.9 Å². The van der Waals surface area contributed by atoms with Crippen molar-refractivity contribution in [2.45, 2.75) is 0 Å². The average Bonchev–Trinajstić information content (AvgIpc) is 3.90. The van der Waals surface area contributed by atoms with Crippen LogP contribution in [0.15, 0.2) is 144 Å². The topological polar surface area (TPSA) is 51.6 Å². The van der Waals surface area contributed by atoms with E-state index in [0.717, 1.165) is 45.3 Å². The van der Waals surface area contributed by atoms with E-state index in [1.54, 1.807) is 46.4 Å². The van der Waals surface area contributed by atoms with Gasteiger partial charge >= 0.3 is 42.1 Å². The van der Waals surface area contributed by atoms with E-state index in [1.165, 1.54) is 18.8 Å². The first-order chi connectivity index (χ1) is 23.3. The molecule has 0 unspecified atom stereocenters. The fraction of sp³-hybridized carbons (Fsp3) is 0. The summed E-state index contributed by atoms with van der Waals surface area (Å²) in [7, 11) is 0. The van der Waals surface area contributed by atoms with E-state index in [2.05, 4.69) is 44.2 Å². The van der Waals surface area contributed by atoms with E-state index in [9.17, 15) is 0 Å². The van der Waals surface area contributed by atoms with Crippen LogP contribution in [0.1, 0.15) is 0 Å². The molecule has 0 N–H and O–H groups in total. The van der Waals surface area contributed by atoms with Crippen LogP contribution in [0.3, 0.4) is 0 Å². The maximum atomic E-state index is 4.62. The summed E-state index contributed by atoms with van der Waals surface area (Å²) in [5.41, 5.74) is 7.35. The SMILES string of the molecule is [Pt+2].[Pt+2].[c-]1ccccc1-c1cccc(-c2ccccn2)n1.[c-]1ccccc1-c1cccc(-c2ccccn2)n1.[c-]1csc2c1sc1[c-]csc12. The van der Waals surface area contributed by atoms with Gasteiger partial charge in [0.2, 0.25) is 0 Å². The van der Waals surface area contributed by atoms with Crippen LogP contribution in [0.4, 0.5) is 0 Å². The van der Waals surface area contributed by atoms with E-state index in [1.807, 2.05) is 132 Å². The Morgan fingerprint density at radius 1 is 0.408 bits per heavy atom. The largest absolute Gasteiger partial charge is 2.00 e. The summed E-state index contributed by atoms with van der Waals surface area (Å²) in [6.45, 7) is 0. The van der Waals surface area contributed by atoms with Crippen LogP contribution in [0.5, 0.6) is 0 Å². The molecule has 9 heteroatoms. The fourth-order valence-corrected chi connectivity index (χ4v) is 7.95. The van der Waals surface area contributed by atoms with Crippen LogP contribution in [-0.2, 0) is 42.1 Å². The fourth-order valence-electron chi connectivity index (χ4n) is 4.68. The van der Waals surface area contributed by atoms with E-state index in [0.29, 0.717) is 0 Å². The minimum absolute atomic E-state index is 0. The standard InChI is InChI=1S/2C16H11N2.C8H2S3.2Pt/c2*1-2-7-13(8-3-1)14-10-6-11-16(18-14)15-9-4-5-12-17-15;1-3-9-7-5(1)11-6-2-4-10-8(6)7;;/h2*1-7,9-12H;3-4H;;/q2*-1;-2;2*+2. The quantitative estimate of drug-likeness (QED) is 0.165. The number of benzene rings is 2. The molecule has 0 bridgehead atoms. The first kappa shape index (κ1) is 36.3. The van der Waals surface area contributed by atoms with Gasteiger partial charge in [0.1, 0.15) is 0 Å². The van der Waals surface area contributed by atoms with Gasteiger partial charge in [-0.1, -0.05) is 36.4 Å². The molecule has 0 amide bonds. The number of rotatable bonds is 4. The van der Waals surface area contributed by atoms with E-state index in [-0.39, 0.29) is 42.1 Å². The van der Waals surface area contributed by atoms with Crippen LogP contribution >= 0.6 is 34.0 Å². The molecule has 0 aliphatic carbocycles. The Morgan fingerprint density at radius 2 is 0.837 bits per heavy atom. The third kappa shape index (κ3) is 9.19. The smallest absolute Gasteiger partial charge is 0.295 e. The van der Waals surface area contributed by atoms with Gasteiger partial charge in [-0.2, -0.15) is 9.40 Å². The summed E-state index contributed by atoms with van der Waals surface area (Å²) in [4.78, 5) is 17.9. The minimum atomic E-state index is 0. The zero-order valence-electron chi connectivity index (χ0n) is 25.5. The second-order valence-electron chi connectivity index (χ2n) is 9.98. The molecule has 7 heterocycles. The van der Waals surface area contributed by atoms with Gasteiger partial charge in [-0.05, 0) is 47.8 Å². The molecule has 7 aromatic heterocycles. The molecule has 9 aromatic rings. The monoisotopic (exact) mass is 1050 g/mol. The van der Waals surface area contributed by atoms with Gasteiger partial charge in [0, 0.05) is 12.4 Å². The Hall–Kier alpha value is -3.96. The summed E-state index contributed by atoms with van der Waals surface area (Å²) in [6, 6.07) is 52.0. The van der Waals surface area contributed by atoms with Crippen LogP contribution in [0.2, 0.25) is 0 Å². The zero-order valence-corrected chi connectivity index (χ0v) is 32.5. The normalized spacial score (nSPS) is 10.1. The summed E-state index contributed by atoms with van der Waals surface area (Å²) >= 11 is 5.33. The minimum Gasteiger partial charge on any atom is -0.295 e. The molecule has 49 heavy (non-hydrogen) atoms. The third-order valence-electron chi connectivity index (χ3n) is 6.88. The molecular formula is C40H24N4Pt2S3. The Balaban J connectivity index is 0.000000144. The molecule has 0 saturated heterocycles. The third-order valence-corrected chi connectivity index (χ3v) is 10.1. The summed E-state index contributed by atoms with van der Waals surface area (Å²) in [6.07, 6.45) is 3.55. The van der Waals surface area contributed by atoms with Crippen molar-refractivity contribution in [2.24, 2.45) is 0 Å². The molecule has 242 valence electrons. The molecule has 0 radical (unpaired) electrons. The number of nitrogens with zero attached hydrogens (tertiary/aromatic N) is 4. The van der Waals surface area contributed by atoms with Gasteiger partial charge in [0.15, 0.2) is 0 Å². The predicted octanol–water partition coefficient (Wildman–Crippen LogP) is 11.0. The van der Waals surface area contributed by atoms with E-state index in [4.69, 9.17) is 0 Å². The van der Waals surface area contributed by atoms with Crippen molar-refractivity contribution in [3.63, 3.8) is 0 Å². The van der Waals surface area contributed by atoms with Gasteiger partial charge in [-0.3, -0.25) is 42.6 Å². The van der Waals surface area contributed by atoms with Crippen LogP contribution in [0.25, 0.3) is 64.1 Å². The number of aromatic nitrogens is 4. The van der Waals surface area contributed by atoms with Crippen molar-refractivity contribution < 1.29 is 42.1 Å². The predicted molar refractivity (Wildman–Crippen MR) is 196 cm³/mol. The molecule has 0 aliphatic rings. The summed E-state index contributed by atoms with van der Waals surface area (Å²) < 4.78 is 5.34. The molecular weight excluding hydrogens is 1020 g/mol. The number of pyridine rings is 4. The van der Waals surface area contributed by atoms with Crippen LogP contribution in [0, 0.1) is 24.3 Å². The van der Waals surface area contributed by atoms with Crippen molar-refractivity contribution in [1.29, 1.82) is 0 Å². The number of fused-ring (bicyclic) bond motifs is 3.